The maximum atomic E-state index is 13.8. The number of carbonyl (C=O) groups excluding carboxylic acids is 1. The van der Waals surface area contributed by atoms with Gasteiger partial charge in [0.05, 0.1) is 5.69 Å². The minimum atomic E-state index is -0.352. The largest absolute Gasteiger partial charge is 0.487 e. The molecule has 110 valence electrons. The van der Waals surface area contributed by atoms with Crippen molar-refractivity contribution in [3.8, 4) is 5.75 Å². The number of rotatable bonds is 5. The van der Waals surface area contributed by atoms with E-state index in [4.69, 9.17) is 10.5 Å². The quantitative estimate of drug-likeness (QED) is 0.889. The van der Waals surface area contributed by atoms with Gasteiger partial charge in [0.2, 0.25) is 5.91 Å². The molecule has 0 unspecified atom stereocenters. The summed E-state index contributed by atoms with van der Waals surface area (Å²) in [6.45, 7) is 1.79. The first kappa shape index (κ1) is 15.0. The van der Waals surface area contributed by atoms with E-state index in [9.17, 15) is 9.18 Å². The summed E-state index contributed by atoms with van der Waals surface area (Å²) in [7, 11) is 0. The van der Waals surface area contributed by atoms with E-state index in [1.165, 1.54) is 13.0 Å². The van der Waals surface area contributed by atoms with E-state index < -0.39 is 0 Å². The zero-order valence-corrected chi connectivity index (χ0v) is 11.7. The highest BCUT2D eigenvalue weighted by molar-refractivity contribution is 5.90. The zero-order valence-electron chi connectivity index (χ0n) is 11.7. The van der Waals surface area contributed by atoms with Crippen molar-refractivity contribution in [2.24, 2.45) is 5.73 Å². The van der Waals surface area contributed by atoms with Gasteiger partial charge in [-0.3, -0.25) is 4.79 Å². The molecule has 0 fully saturated rings. The summed E-state index contributed by atoms with van der Waals surface area (Å²) in [5.41, 5.74) is 7.19. The maximum absolute atomic E-state index is 13.8. The number of para-hydroxylation sites is 2. The van der Waals surface area contributed by atoms with Crippen molar-refractivity contribution in [1.29, 1.82) is 0 Å². The lowest BCUT2D eigenvalue weighted by molar-refractivity contribution is -0.114. The van der Waals surface area contributed by atoms with Gasteiger partial charge in [-0.05, 0) is 23.8 Å². The fourth-order valence-electron chi connectivity index (χ4n) is 1.88. The molecule has 1 amide bonds. The Labute approximate surface area is 122 Å². The Morgan fingerprint density at radius 3 is 2.71 bits per heavy atom. The Bertz CT molecular complexity index is 644. The van der Waals surface area contributed by atoms with Gasteiger partial charge in [0, 0.05) is 19.0 Å². The molecule has 0 aliphatic carbocycles. The lowest BCUT2D eigenvalue weighted by Gasteiger charge is -2.12. The normalized spacial score (nSPS) is 10.2. The summed E-state index contributed by atoms with van der Waals surface area (Å²) >= 11 is 0. The average molecular weight is 288 g/mol. The molecule has 0 aromatic heterocycles. The van der Waals surface area contributed by atoms with E-state index in [-0.39, 0.29) is 18.3 Å². The van der Waals surface area contributed by atoms with Gasteiger partial charge in [-0.2, -0.15) is 0 Å². The molecule has 5 heteroatoms. The smallest absolute Gasteiger partial charge is 0.221 e. The molecule has 3 N–H and O–H groups in total. The Balaban J connectivity index is 2.11. The number of anilines is 1. The lowest BCUT2D eigenvalue weighted by atomic mass is 10.1. The number of amides is 1. The number of hydrogen-bond acceptors (Lipinski definition) is 3. The lowest BCUT2D eigenvalue weighted by Crippen LogP contribution is -2.08. The third-order valence-corrected chi connectivity index (χ3v) is 2.93. The second kappa shape index (κ2) is 6.85. The highest BCUT2D eigenvalue weighted by Gasteiger charge is 2.07. The summed E-state index contributed by atoms with van der Waals surface area (Å²) in [6.07, 6.45) is 0. The van der Waals surface area contributed by atoms with Gasteiger partial charge in [0.1, 0.15) is 18.2 Å². The molecule has 0 heterocycles. The molecule has 0 aliphatic rings. The summed E-state index contributed by atoms with van der Waals surface area (Å²) in [6, 6.07) is 11.8. The van der Waals surface area contributed by atoms with Crippen molar-refractivity contribution >= 4 is 11.6 Å². The van der Waals surface area contributed by atoms with Crippen LogP contribution in [0.3, 0.4) is 0 Å². The van der Waals surface area contributed by atoms with Crippen molar-refractivity contribution < 1.29 is 13.9 Å². The van der Waals surface area contributed by atoms with Gasteiger partial charge < -0.3 is 15.8 Å². The number of benzene rings is 2. The van der Waals surface area contributed by atoms with Crippen LogP contribution in [-0.2, 0) is 17.9 Å². The zero-order chi connectivity index (χ0) is 15.2. The van der Waals surface area contributed by atoms with Crippen LogP contribution in [0.15, 0.2) is 42.5 Å². The van der Waals surface area contributed by atoms with Crippen LogP contribution < -0.4 is 15.8 Å². The molecule has 2 aromatic rings. The number of ether oxygens (including phenoxy) is 1. The predicted molar refractivity (Wildman–Crippen MR) is 79.4 cm³/mol. The van der Waals surface area contributed by atoms with Crippen LogP contribution in [0.1, 0.15) is 18.1 Å². The molecule has 2 rings (SSSR count). The Morgan fingerprint density at radius 2 is 2.05 bits per heavy atom. The molecule has 4 nitrogen and oxygen atoms in total. The minimum Gasteiger partial charge on any atom is -0.487 e. The summed E-state index contributed by atoms with van der Waals surface area (Å²) in [5.74, 6) is -0.0468. The first-order valence-corrected chi connectivity index (χ1v) is 6.57. The first-order valence-electron chi connectivity index (χ1n) is 6.57. The van der Waals surface area contributed by atoms with E-state index in [1.54, 1.807) is 36.4 Å². The van der Waals surface area contributed by atoms with Gasteiger partial charge in [-0.1, -0.05) is 24.3 Å². The number of nitrogens with one attached hydrogen (secondary N) is 1. The molecule has 0 atom stereocenters. The number of hydrogen-bond donors (Lipinski definition) is 2. The van der Waals surface area contributed by atoms with E-state index in [2.05, 4.69) is 5.32 Å². The molecule has 0 bridgehead atoms. The third kappa shape index (κ3) is 4.03. The van der Waals surface area contributed by atoms with Crippen molar-refractivity contribution in [3.63, 3.8) is 0 Å². The number of halogens is 1. The maximum Gasteiger partial charge on any atom is 0.221 e. The minimum absolute atomic E-state index is 0.0767. The van der Waals surface area contributed by atoms with Crippen molar-refractivity contribution in [2.75, 3.05) is 5.32 Å². The van der Waals surface area contributed by atoms with Gasteiger partial charge >= 0.3 is 0 Å². The fraction of sp³-hybridized carbons (Fsp3) is 0.188. The topological polar surface area (TPSA) is 64.3 Å². The SMILES string of the molecule is CC(=O)Nc1ccccc1OCc1ccc(CN)cc1F. The van der Waals surface area contributed by atoms with Crippen molar-refractivity contribution in [2.45, 2.75) is 20.1 Å². The summed E-state index contributed by atoms with van der Waals surface area (Å²) < 4.78 is 19.4. The summed E-state index contributed by atoms with van der Waals surface area (Å²) in [4.78, 5) is 11.1. The molecule has 0 saturated carbocycles. The molecule has 21 heavy (non-hydrogen) atoms. The van der Waals surface area contributed by atoms with E-state index in [0.29, 0.717) is 23.5 Å². The Morgan fingerprint density at radius 1 is 1.29 bits per heavy atom. The van der Waals surface area contributed by atoms with Crippen LogP contribution in [-0.4, -0.2) is 5.91 Å². The fourth-order valence-corrected chi connectivity index (χ4v) is 1.88. The molecule has 0 radical (unpaired) electrons. The van der Waals surface area contributed by atoms with Crippen LogP contribution in [0, 0.1) is 5.82 Å². The van der Waals surface area contributed by atoms with Gasteiger partial charge in [0.25, 0.3) is 0 Å². The molecule has 0 saturated heterocycles. The van der Waals surface area contributed by atoms with Crippen LogP contribution in [0.25, 0.3) is 0 Å². The second-order valence-electron chi connectivity index (χ2n) is 4.60. The monoisotopic (exact) mass is 288 g/mol. The second-order valence-corrected chi connectivity index (χ2v) is 4.60. The summed E-state index contributed by atoms with van der Waals surface area (Å²) in [5, 5.41) is 2.67. The Kier molecular flexibility index (Phi) is 4.90. The van der Waals surface area contributed by atoms with Gasteiger partial charge in [-0.15, -0.1) is 0 Å². The molecular formula is C16H17FN2O2. The van der Waals surface area contributed by atoms with Crippen LogP contribution >= 0.6 is 0 Å². The van der Waals surface area contributed by atoms with E-state index in [0.717, 1.165) is 5.56 Å². The number of nitrogens with two attached hydrogens (primary N) is 1. The van der Waals surface area contributed by atoms with E-state index >= 15 is 0 Å². The Hall–Kier alpha value is -2.40. The molecule has 2 aromatic carbocycles. The molecule has 0 aliphatic heterocycles. The van der Waals surface area contributed by atoms with Crippen molar-refractivity contribution in [1.82, 2.24) is 0 Å². The van der Waals surface area contributed by atoms with Crippen LogP contribution in [0.2, 0.25) is 0 Å². The average Bonchev–Trinajstić information content (AvgIpc) is 2.46. The van der Waals surface area contributed by atoms with Crippen LogP contribution in [0.5, 0.6) is 5.75 Å². The van der Waals surface area contributed by atoms with Gasteiger partial charge in [-0.25, -0.2) is 4.39 Å². The standard InChI is InChI=1S/C16H17FN2O2/c1-11(20)19-15-4-2-3-5-16(15)21-10-13-7-6-12(9-18)8-14(13)17/h2-8H,9-10,18H2,1H3,(H,19,20). The third-order valence-electron chi connectivity index (χ3n) is 2.93. The highest BCUT2D eigenvalue weighted by atomic mass is 19.1. The molecular weight excluding hydrogens is 271 g/mol. The number of carbonyl (C=O) groups is 1. The van der Waals surface area contributed by atoms with E-state index in [1.807, 2.05) is 0 Å². The first-order chi connectivity index (χ1) is 10.1. The predicted octanol–water partition coefficient (Wildman–Crippen LogP) is 2.82. The molecule has 0 spiro atoms. The highest BCUT2D eigenvalue weighted by Crippen LogP contribution is 2.25. The van der Waals surface area contributed by atoms with Gasteiger partial charge in [0.15, 0.2) is 0 Å². The van der Waals surface area contributed by atoms with Crippen LogP contribution in [0.4, 0.5) is 10.1 Å². The van der Waals surface area contributed by atoms with Crippen molar-refractivity contribution in [3.05, 3.63) is 59.4 Å².